The SMILES string of the molecule is CC(=O)N[C@H]1[C@@H]([C@@H](O)[C@@H](O)CO)O[C@@](Oc2ccc([N+](=O)[O-])cc2)(C(=O)O)C[C@H]1O. The van der Waals surface area contributed by atoms with E-state index in [0.717, 1.165) is 31.2 Å². The van der Waals surface area contributed by atoms with Crippen molar-refractivity contribution in [2.24, 2.45) is 0 Å². The molecule has 1 amide bonds. The van der Waals surface area contributed by atoms with Gasteiger partial charge in [-0.2, -0.15) is 0 Å². The van der Waals surface area contributed by atoms with Gasteiger partial charge in [-0.15, -0.1) is 0 Å². The molecule has 6 N–H and O–H groups in total. The van der Waals surface area contributed by atoms with Crippen molar-refractivity contribution in [3.05, 3.63) is 34.4 Å². The smallest absolute Gasteiger partial charge is 0.377 e. The number of carboxylic acids is 1. The van der Waals surface area contributed by atoms with E-state index in [1.807, 2.05) is 0 Å². The van der Waals surface area contributed by atoms with Gasteiger partial charge >= 0.3 is 11.8 Å². The summed E-state index contributed by atoms with van der Waals surface area (Å²) in [6, 6.07) is 3.03. The molecule has 2 rings (SSSR count). The quantitative estimate of drug-likeness (QED) is 0.199. The maximum atomic E-state index is 12.0. The van der Waals surface area contributed by atoms with Crippen molar-refractivity contribution in [1.82, 2.24) is 5.32 Å². The predicted octanol–water partition coefficient (Wildman–Crippen LogP) is -1.88. The summed E-state index contributed by atoms with van der Waals surface area (Å²) < 4.78 is 10.8. The molecule has 0 aromatic heterocycles. The third-order valence-electron chi connectivity index (χ3n) is 4.52. The van der Waals surface area contributed by atoms with Crippen LogP contribution in [-0.2, 0) is 14.3 Å². The second-order valence-electron chi connectivity index (χ2n) is 6.73. The Morgan fingerprint density at radius 1 is 1.37 bits per heavy atom. The van der Waals surface area contributed by atoms with Crippen LogP contribution in [0.4, 0.5) is 5.69 Å². The highest BCUT2D eigenvalue weighted by Gasteiger charge is 2.56. The van der Waals surface area contributed by atoms with Crippen LogP contribution in [-0.4, -0.2) is 85.2 Å². The minimum atomic E-state index is -2.56. The summed E-state index contributed by atoms with van der Waals surface area (Å²) in [6.07, 6.45) is -7.65. The van der Waals surface area contributed by atoms with E-state index in [-0.39, 0.29) is 11.4 Å². The van der Waals surface area contributed by atoms with Gasteiger partial charge in [0.1, 0.15) is 24.1 Å². The number of nitro benzene ring substituents is 1. The highest BCUT2D eigenvalue weighted by Crippen LogP contribution is 2.35. The number of carboxylic acid groups (broad SMARTS) is 1. The van der Waals surface area contributed by atoms with Gasteiger partial charge < -0.3 is 40.3 Å². The lowest BCUT2D eigenvalue weighted by Crippen LogP contribution is -2.68. The number of aliphatic hydroxyl groups excluding tert-OH is 4. The molecule has 0 bridgehead atoms. The zero-order chi connectivity index (χ0) is 22.6. The molecule has 0 aliphatic carbocycles. The first-order chi connectivity index (χ1) is 14.0. The minimum Gasteiger partial charge on any atom is -0.476 e. The van der Waals surface area contributed by atoms with Gasteiger partial charge in [0.2, 0.25) is 5.91 Å². The maximum Gasteiger partial charge on any atom is 0.377 e. The van der Waals surface area contributed by atoms with Crippen LogP contribution in [0.15, 0.2) is 24.3 Å². The lowest BCUT2D eigenvalue weighted by molar-refractivity contribution is -0.384. The monoisotopic (exact) mass is 430 g/mol. The highest BCUT2D eigenvalue weighted by atomic mass is 16.7. The highest BCUT2D eigenvalue weighted by molar-refractivity contribution is 5.77. The average molecular weight is 430 g/mol. The van der Waals surface area contributed by atoms with E-state index in [2.05, 4.69) is 5.32 Å². The number of aliphatic carboxylic acids is 1. The molecule has 0 saturated carbocycles. The Morgan fingerprint density at radius 2 is 1.97 bits per heavy atom. The summed E-state index contributed by atoms with van der Waals surface area (Å²) in [7, 11) is 0. The van der Waals surface area contributed by atoms with Gasteiger partial charge in [0.05, 0.1) is 30.1 Å². The average Bonchev–Trinajstić information content (AvgIpc) is 2.68. The summed E-state index contributed by atoms with van der Waals surface area (Å²) in [5.74, 6) is -5.04. The van der Waals surface area contributed by atoms with E-state index in [9.17, 15) is 40.1 Å². The number of ether oxygens (including phenoxy) is 2. The number of amides is 1. The molecule has 166 valence electrons. The zero-order valence-corrected chi connectivity index (χ0v) is 15.7. The fraction of sp³-hybridized carbons (Fsp3) is 0.529. The van der Waals surface area contributed by atoms with Crippen LogP contribution in [0.25, 0.3) is 0 Å². The molecule has 1 heterocycles. The molecule has 1 aliphatic rings. The molecule has 6 atom stereocenters. The number of nitro groups is 1. The van der Waals surface area contributed by atoms with Crippen molar-refractivity contribution in [2.45, 2.75) is 49.6 Å². The van der Waals surface area contributed by atoms with E-state index in [0.29, 0.717) is 0 Å². The third kappa shape index (κ3) is 5.01. The molecule has 0 radical (unpaired) electrons. The lowest BCUT2D eigenvalue weighted by atomic mass is 9.88. The predicted molar refractivity (Wildman–Crippen MR) is 96.3 cm³/mol. The maximum absolute atomic E-state index is 12.0. The van der Waals surface area contributed by atoms with Gasteiger partial charge in [-0.1, -0.05) is 0 Å². The van der Waals surface area contributed by atoms with Crippen molar-refractivity contribution in [2.75, 3.05) is 6.61 Å². The first-order valence-electron chi connectivity index (χ1n) is 8.77. The van der Waals surface area contributed by atoms with E-state index in [4.69, 9.17) is 14.6 Å². The van der Waals surface area contributed by atoms with Crippen LogP contribution in [0, 0.1) is 10.1 Å². The van der Waals surface area contributed by atoms with Gasteiger partial charge in [0.25, 0.3) is 5.69 Å². The van der Waals surface area contributed by atoms with Gasteiger partial charge in [-0.25, -0.2) is 4.79 Å². The van der Waals surface area contributed by atoms with Gasteiger partial charge in [0.15, 0.2) is 0 Å². The summed E-state index contributed by atoms with van der Waals surface area (Å²) in [6.45, 7) is 0.207. The molecule has 1 aromatic rings. The summed E-state index contributed by atoms with van der Waals surface area (Å²) >= 11 is 0. The summed E-state index contributed by atoms with van der Waals surface area (Å²) in [4.78, 5) is 33.5. The number of carbonyl (C=O) groups excluding carboxylic acids is 1. The van der Waals surface area contributed by atoms with E-state index >= 15 is 0 Å². The molecule has 0 unspecified atom stereocenters. The Hall–Kier alpha value is -2.84. The van der Waals surface area contributed by atoms with Crippen molar-refractivity contribution in [1.29, 1.82) is 0 Å². The standard InChI is InChI=1S/C17H22N2O11/c1-8(21)18-13-11(22)6-17(16(25)26,30-15(13)14(24)12(23)7-20)29-10-4-2-9(3-5-10)19(27)28/h2-5,11-15,20,22-24H,6-7H2,1H3,(H,18,21)(H,25,26)/t11-,12+,13-,14+,15+,17-/m1/s1. The fourth-order valence-corrected chi connectivity index (χ4v) is 3.06. The largest absolute Gasteiger partial charge is 0.476 e. The normalized spacial score (nSPS) is 28.2. The number of carbonyl (C=O) groups is 2. The molecular formula is C17H22N2O11. The van der Waals surface area contributed by atoms with Gasteiger partial charge in [0, 0.05) is 19.1 Å². The third-order valence-corrected chi connectivity index (χ3v) is 4.52. The van der Waals surface area contributed by atoms with E-state index in [1.54, 1.807) is 0 Å². The van der Waals surface area contributed by atoms with Crippen molar-refractivity contribution in [3.8, 4) is 5.75 Å². The molecule has 13 nitrogen and oxygen atoms in total. The number of hydrogen-bond acceptors (Lipinski definition) is 10. The van der Waals surface area contributed by atoms with Crippen molar-refractivity contribution in [3.63, 3.8) is 0 Å². The van der Waals surface area contributed by atoms with E-state index < -0.39 is 66.1 Å². The number of nitrogens with zero attached hydrogens (tertiary/aromatic N) is 1. The van der Waals surface area contributed by atoms with Crippen LogP contribution < -0.4 is 10.1 Å². The number of aliphatic hydroxyl groups is 4. The Labute approximate surface area is 169 Å². The molecule has 13 heteroatoms. The zero-order valence-electron chi connectivity index (χ0n) is 15.7. The summed E-state index contributed by atoms with van der Waals surface area (Å²) in [5.41, 5.74) is -0.276. The first kappa shape index (κ1) is 23.4. The number of nitrogens with one attached hydrogen (secondary N) is 1. The van der Waals surface area contributed by atoms with Crippen LogP contribution in [0.2, 0.25) is 0 Å². The van der Waals surface area contributed by atoms with Gasteiger partial charge in [-0.3, -0.25) is 14.9 Å². The Kier molecular flexibility index (Phi) is 7.28. The number of non-ortho nitro benzene ring substituents is 1. The summed E-state index contributed by atoms with van der Waals surface area (Å²) in [5, 5.41) is 62.5. The molecule has 1 aromatic carbocycles. The molecule has 0 spiro atoms. The van der Waals surface area contributed by atoms with Crippen molar-refractivity contribution < 1.29 is 49.5 Å². The second kappa shape index (κ2) is 9.32. The topological polar surface area (TPSA) is 209 Å². The molecule has 1 fully saturated rings. The Bertz CT molecular complexity index is 786. The molecule has 30 heavy (non-hydrogen) atoms. The van der Waals surface area contributed by atoms with E-state index in [1.165, 1.54) is 0 Å². The van der Waals surface area contributed by atoms with Crippen LogP contribution in [0.5, 0.6) is 5.75 Å². The van der Waals surface area contributed by atoms with Gasteiger partial charge in [-0.05, 0) is 12.1 Å². The fourth-order valence-electron chi connectivity index (χ4n) is 3.06. The second-order valence-corrected chi connectivity index (χ2v) is 6.73. The molecular weight excluding hydrogens is 408 g/mol. The molecule has 1 aliphatic heterocycles. The minimum absolute atomic E-state index is 0.149. The number of rotatable bonds is 8. The Balaban J connectivity index is 2.40. The molecule has 1 saturated heterocycles. The number of benzene rings is 1. The Morgan fingerprint density at radius 3 is 2.43 bits per heavy atom. The van der Waals surface area contributed by atoms with Crippen LogP contribution in [0.3, 0.4) is 0 Å². The lowest BCUT2D eigenvalue weighted by Gasteiger charge is -2.46. The van der Waals surface area contributed by atoms with Crippen LogP contribution >= 0.6 is 0 Å². The number of hydrogen-bond donors (Lipinski definition) is 6. The van der Waals surface area contributed by atoms with Crippen molar-refractivity contribution >= 4 is 17.6 Å². The first-order valence-corrected chi connectivity index (χ1v) is 8.77. The van der Waals surface area contributed by atoms with Crippen LogP contribution in [0.1, 0.15) is 13.3 Å².